The Kier molecular flexibility index (Phi) is 7.57. The molecule has 162 valence electrons. The maximum absolute atomic E-state index is 13.1. The van der Waals surface area contributed by atoms with Crippen molar-refractivity contribution in [2.24, 2.45) is 5.92 Å². The molecule has 0 saturated carbocycles. The normalized spacial score (nSPS) is 16.3. The van der Waals surface area contributed by atoms with Crippen LogP contribution in [0.15, 0.2) is 17.0 Å². The molecule has 0 aromatic heterocycles. The molecule has 1 aromatic carbocycles. The minimum Gasteiger partial charge on any atom is -0.493 e. The van der Waals surface area contributed by atoms with Gasteiger partial charge in [0.05, 0.1) is 19.9 Å². The molecule has 1 aliphatic rings. The number of ether oxygens (including phenoxy) is 2. The first-order valence-corrected chi connectivity index (χ1v) is 11.4. The number of nitrogens with one attached hydrogen (secondary N) is 1. The topological polar surface area (TPSA) is 84.9 Å². The van der Waals surface area contributed by atoms with Gasteiger partial charge < -0.3 is 14.8 Å². The van der Waals surface area contributed by atoms with Crippen LogP contribution in [-0.2, 0) is 14.8 Å². The molecular formula is C21H32N2O5S. The Hall–Kier alpha value is -2.22. The summed E-state index contributed by atoms with van der Waals surface area (Å²) in [5, 5.41) is 2.84. The van der Waals surface area contributed by atoms with Crippen LogP contribution in [0.1, 0.15) is 52.0 Å². The van der Waals surface area contributed by atoms with E-state index in [0.717, 1.165) is 30.0 Å². The summed E-state index contributed by atoms with van der Waals surface area (Å²) in [5.74, 6) is 0.671. The van der Waals surface area contributed by atoms with Crippen molar-refractivity contribution in [3.8, 4) is 11.5 Å². The minimum atomic E-state index is -3.98. The van der Waals surface area contributed by atoms with Crippen LogP contribution in [0, 0.1) is 5.92 Å². The summed E-state index contributed by atoms with van der Waals surface area (Å²) in [7, 11) is 0.472. The third kappa shape index (κ3) is 4.52. The van der Waals surface area contributed by atoms with Gasteiger partial charge in [-0.3, -0.25) is 9.10 Å². The SMILES string of the molecule is CCCC[C@H](CC)CNC(=O)C1=C(C)c2cc(OC)c(OC)cc2N(C)S1(=O)=O. The van der Waals surface area contributed by atoms with Gasteiger partial charge in [0.1, 0.15) is 0 Å². The highest BCUT2D eigenvalue weighted by Gasteiger charge is 2.38. The monoisotopic (exact) mass is 424 g/mol. The Morgan fingerprint density at radius 3 is 2.34 bits per heavy atom. The van der Waals surface area contributed by atoms with Crippen molar-refractivity contribution < 1.29 is 22.7 Å². The molecular weight excluding hydrogens is 392 g/mol. The van der Waals surface area contributed by atoms with E-state index in [9.17, 15) is 13.2 Å². The Balaban J connectivity index is 2.44. The number of nitrogens with zero attached hydrogens (tertiary/aromatic N) is 1. The smallest absolute Gasteiger partial charge is 0.269 e. The van der Waals surface area contributed by atoms with E-state index in [0.29, 0.717) is 40.8 Å². The second kappa shape index (κ2) is 9.52. The highest BCUT2D eigenvalue weighted by atomic mass is 32.2. The van der Waals surface area contributed by atoms with Gasteiger partial charge in [0, 0.05) is 25.2 Å². The molecule has 29 heavy (non-hydrogen) atoms. The molecule has 1 aromatic rings. The highest BCUT2D eigenvalue weighted by Crippen LogP contribution is 2.44. The van der Waals surface area contributed by atoms with E-state index in [1.807, 2.05) is 0 Å². The Morgan fingerprint density at radius 1 is 1.17 bits per heavy atom. The third-order valence-electron chi connectivity index (χ3n) is 5.51. The van der Waals surface area contributed by atoms with Crippen LogP contribution in [0.2, 0.25) is 0 Å². The molecule has 1 heterocycles. The van der Waals surface area contributed by atoms with Gasteiger partial charge in [-0.15, -0.1) is 0 Å². The lowest BCUT2D eigenvalue weighted by Gasteiger charge is -2.30. The lowest BCUT2D eigenvalue weighted by Crippen LogP contribution is -2.40. The van der Waals surface area contributed by atoms with Gasteiger partial charge in [0.15, 0.2) is 16.4 Å². The predicted octanol–water partition coefficient (Wildman–Crippen LogP) is 3.55. The van der Waals surface area contributed by atoms with Crippen molar-refractivity contribution in [3.05, 3.63) is 22.6 Å². The molecule has 0 radical (unpaired) electrons. The van der Waals surface area contributed by atoms with Crippen LogP contribution < -0.4 is 19.1 Å². The highest BCUT2D eigenvalue weighted by molar-refractivity contribution is 7.97. The van der Waals surface area contributed by atoms with E-state index in [1.54, 1.807) is 19.1 Å². The van der Waals surface area contributed by atoms with E-state index in [1.165, 1.54) is 21.3 Å². The van der Waals surface area contributed by atoms with E-state index in [4.69, 9.17) is 9.47 Å². The van der Waals surface area contributed by atoms with Crippen molar-refractivity contribution >= 4 is 27.2 Å². The number of benzene rings is 1. The number of unbranched alkanes of at least 4 members (excludes halogenated alkanes) is 1. The largest absolute Gasteiger partial charge is 0.493 e. The summed E-state index contributed by atoms with van der Waals surface area (Å²) in [6, 6.07) is 3.32. The van der Waals surface area contributed by atoms with Gasteiger partial charge in [0.2, 0.25) is 0 Å². The number of fused-ring (bicyclic) bond motifs is 1. The van der Waals surface area contributed by atoms with Crippen LogP contribution in [0.4, 0.5) is 5.69 Å². The summed E-state index contributed by atoms with van der Waals surface area (Å²) in [5.41, 5.74) is 1.48. The fourth-order valence-electron chi connectivity index (χ4n) is 3.56. The Bertz CT molecular complexity index is 893. The van der Waals surface area contributed by atoms with Crippen molar-refractivity contribution in [1.29, 1.82) is 0 Å². The molecule has 1 atom stereocenters. The van der Waals surface area contributed by atoms with E-state index >= 15 is 0 Å². The van der Waals surface area contributed by atoms with Gasteiger partial charge in [-0.25, -0.2) is 8.42 Å². The fourth-order valence-corrected chi connectivity index (χ4v) is 5.05. The average Bonchev–Trinajstić information content (AvgIpc) is 2.71. The summed E-state index contributed by atoms with van der Waals surface area (Å²) in [6.07, 6.45) is 4.13. The van der Waals surface area contributed by atoms with Crippen LogP contribution in [0.3, 0.4) is 0 Å². The van der Waals surface area contributed by atoms with Crippen LogP contribution in [0.25, 0.3) is 5.57 Å². The predicted molar refractivity (Wildman–Crippen MR) is 116 cm³/mol. The third-order valence-corrected chi connectivity index (χ3v) is 7.43. The summed E-state index contributed by atoms with van der Waals surface area (Å²) in [4.78, 5) is 12.7. The Morgan fingerprint density at radius 2 is 1.79 bits per heavy atom. The molecule has 0 saturated heterocycles. The molecule has 1 aliphatic heterocycles. The van der Waals surface area contributed by atoms with Gasteiger partial charge in [0.25, 0.3) is 15.9 Å². The lowest BCUT2D eigenvalue weighted by molar-refractivity contribution is -0.117. The van der Waals surface area contributed by atoms with Crippen LogP contribution in [-0.4, -0.2) is 42.1 Å². The minimum absolute atomic E-state index is 0.218. The summed E-state index contributed by atoms with van der Waals surface area (Å²) < 4.78 is 38.0. The van der Waals surface area contributed by atoms with Crippen molar-refractivity contribution in [3.63, 3.8) is 0 Å². The molecule has 7 nitrogen and oxygen atoms in total. The number of rotatable bonds is 9. The van der Waals surface area contributed by atoms with Crippen molar-refractivity contribution in [1.82, 2.24) is 5.32 Å². The molecule has 0 unspecified atom stereocenters. The molecule has 0 fully saturated rings. The number of hydrogen-bond donors (Lipinski definition) is 1. The number of anilines is 1. The molecule has 1 N–H and O–H groups in total. The first kappa shape index (κ1) is 23.1. The zero-order valence-corrected chi connectivity index (χ0v) is 19.0. The molecule has 2 rings (SSSR count). The number of amides is 1. The van der Waals surface area contributed by atoms with Crippen molar-refractivity contribution in [2.75, 3.05) is 32.1 Å². The zero-order valence-electron chi connectivity index (χ0n) is 18.2. The maximum Gasteiger partial charge on any atom is 0.269 e. The second-order valence-electron chi connectivity index (χ2n) is 7.28. The number of carbonyl (C=O) groups excluding carboxylic acids is 1. The van der Waals surface area contributed by atoms with E-state index in [-0.39, 0.29) is 4.91 Å². The molecule has 8 heteroatoms. The molecule has 0 bridgehead atoms. The van der Waals surface area contributed by atoms with Gasteiger partial charge >= 0.3 is 0 Å². The number of carbonyl (C=O) groups is 1. The van der Waals surface area contributed by atoms with Crippen LogP contribution >= 0.6 is 0 Å². The number of sulfonamides is 1. The molecule has 0 aliphatic carbocycles. The van der Waals surface area contributed by atoms with Crippen molar-refractivity contribution in [2.45, 2.75) is 46.5 Å². The number of methoxy groups -OCH3 is 2. The Labute approximate surface area is 174 Å². The van der Waals surface area contributed by atoms with Gasteiger partial charge in [-0.1, -0.05) is 33.1 Å². The first-order valence-electron chi connectivity index (χ1n) is 9.97. The lowest BCUT2D eigenvalue weighted by atomic mass is 9.99. The maximum atomic E-state index is 13.1. The number of hydrogen-bond acceptors (Lipinski definition) is 5. The van der Waals surface area contributed by atoms with E-state index < -0.39 is 15.9 Å². The number of allylic oxidation sites excluding steroid dienone is 1. The molecule has 0 spiro atoms. The van der Waals surface area contributed by atoms with Gasteiger partial charge in [-0.2, -0.15) is 0 Å². The average molecular weight is 425 g/mol. The molecule has 1 amide bonds. The van der Waals surface area contributed by atoms with Crippen LogP contribution in [0.5, 0.6) is 11.5 Å². The second-order valence-corrected chi connectivity index (χ2v) is 9.18. The quantitative estimate of drug-likeness (QED) is 0.655. The van der Waals surface area contributed by atoms with Gasteiger partial charge in [-0.05, 0) is 30.9 Å². The summed E-state index contributed by atoms with van der Waals surface area (Å²) in [6.45, 7) is 6.32. The first-order chi connectivity index (χ1) is 13.7. The summed E-state index contributed by atoms with van der Waals surface area (Å²) >= 11 is 0. The standard InChI is InChI=1S/C21H32N2O5S/c1-7-9-10-15(8-2)13-22-21(24)20-14(3)16-11-18(27-5)19(28-6)12-17(16)23(4)29(20,25)26/h11-12,15H,7-10,13H2,1-6H3,(H,22,24)/t15-/m0/s1. The zero-order chi connectivity index (χ0) is 21.8. The van der Waals surface area contributed by atoms with E-state index in [2.05, 4.69) is 19.2 Å². The fraction of sp³-hybridized carbons (Fsp3) is 0.571.